The van der Waals surface area contributed by atoms with Crippen molar-refractivity contribution in [3.63, 3.8) is 0 Å². The van der Waals surface area contributed by atoms with Crippen LogP contribution in [0.3, 0.4) is 0 Å². The monoisotopic (exact) mass is 262 g/mol. The number of para-hydroxylation sites is 2. The molecule has 0 saturated heterocycles. The molecule has 0 radical (unpaired) electrons. The Bertz CT molecular complexity index is 986. The fraction of sp³-hybridized carbons (Fsp3) is 0. The molecule has 4 heteroatoms. The number of aromatic amines is 1. The van der Waals surface area contributed by atoms with Gasteiger partial charge in [-0.05, 0) is 18.2 Å². The first-order chi connectivity index (χ1) is 9.74. The number of benzene rings is 2. The highest BCUT2D eigenvalue weighted by atomic mass is 16.4. The minimum atomic E-state index is -0.960. The van der Waals surface area contributed by atoms with Gasteiger partial charge in [0.25, 0.3) is 0 Å². The van der Waals surface area contributed by atoms with Gasteiger partial charge in [0.05, 0.1) is 11.1 Å². The molecule has 2 aromatic heterocycles. The summed E-state index contributed by atoms with van der Waals surface area (Å²) in [6.07, 6.45) is 0. The van der Waals surface area contributed by atoms with Crippen LogP contribution in [0.5, 0.6) is 0 Å². The molecule has 96 valence electrons. The largest absolute Gasteiger partial charge is 0.478 e. The van der Waals surface area contributed by atoms with Crippen molar-refractivity contribution in [3.8, 4) is 0 Å². The lowest BCUT2D eigenvalue weighted by Crippen LogP contribution is -1.98. The van der Waals surface area contributed by atoms with Crippen LogP contribution in [-0.2, 0) is 0 Å². The van der Waals surface area contributed by atoms with Crippen molar-refractivity contribution in [2.45, 2.75) is 0 Å². The van der Waals surface area contributed by atoms with Crippen molar-refractivity contribution in [2.24, 2.45) is 0 Å². The van der Waals surface area contributed by atoms with Gasteiger partial charge in [0.15, 0.2) is 0 Å². The van der Waals surface area contributed by atoms with Crippen LogP contribution >= 0.6 is 0 Å². The summed E-state index contributed by atoms with van der Waals surface area (Å²) in [5, 5.41) is 12.2. The third kappa shape index (κ3) is 1.42. The number of nitrogens with one attached hydrogen (secondary N) is 1. The van der Waals surface area contributed by atoms with E-state index in [-0.39, 0.29) is 5.56 Å². The van der Waals surface area contributed by atoms with E-state index in [1.165, 1.54) is 0 Å². The van der Waals surface area contributed by atoms with Gasteiger partial charge in [0, 0.05) is 21.7 Å². The first-order valence-electron chi connectivity index (χ1n) is 6.27. The van der Waals surface area contributed by atoms with Crippen LogP contribution in [-0.4, -0.2) is 21.0 Å². The highest BCUT2D eigenvalue weighted by Crippen LogP contribution is 2.28. The zero-order valence-electron chi connectivity index (χ0n) is 10.4. The van der Waals surface area contributed by atoms with E-state index in [0.717, 1.165) is 21.7 Å². The van der Waals surface area contributed by atoms with Gasteiger partial charge in [-0.1, -0.05) is 30.3 Å². The number of carboxylic acids is 1. The van der Waals surface area contributed by atoms with E-state index in [1.807, 2.05) is 36.4 Å². The number of pyridine rings is 1. The molecule has 0 atom stereocenters. The fourth-order valence-electron chi connectivity index (χ4n) is 2.63. The van der Waals surface area contributed by atoms with Crippen LogP contribution in [0.4, 0.5) is 0 Å². The van der Waals surface area contributed by atoms with E-state index < -0.39 is 5.97 Å². The molecule has 2 N–H and O–H groups in total. The molecule has 0 amide bonds. The van der Waals surface area contributed by atoms with Crippen molar-refractivity contribution >= 4 is 38.8 Å². The van der Waals surface area contributed by atoms with E-state index in [2.05, 4.69) is 9.97 Å². The van der Waals surface area contributed by atoms with Gasteiger partial charge >= 0.3 is 5.97 Å². The Morgan fingerprint density at radius 3 is 2.75 bits per heavy atom. The predicted molar refractivity (Wildman–Crippen MR) is 78.1 cm³/mol. The average molecular weight is 262 g/mol. The minimum Gasteiger partial charge on any atom is -0.478 e. The number of aromatic carboxylic acids is 1. The highest BCUT2D eigenvalue weighted by molar-refractivity contribution is 6.11. The summed E-state index contributed by atoms with van der Waals surface area (Å²) < 4.78 is 0. The standard InChI is InChI=1S/C16H10N2O2/c19-16(20)11-6-3-4-9-8-12-10-5-1-2-7-13(10)17-15(12)18-14(9)11/h1-8H,(H,17,18)(H,19,20). The molecule has 0 aliphatic heterocycles. The molecule has 0 fully saturated rings. The van der Waals surface area contributed by atoms with E-state index >= 15 is 0 Å². The van der Waals surface area contributed by atoms with Gasteiger partial charge in [-0.15, -0.1) is 0 Å². The normalized spacial score (nSPS) is 11.4. The summed E-state index contributed by atoms with van der Waals surface area (Å²) in [4.78, 5) is 19.0. The molecule has 2 aromatic carbocycles. The SMILES string of the molecule is O=C(O)c1cccc2cc3c(nc12)[nH]c1ccccc13. The maximum Gasteiger partial charge on any atom is 0.337 e. The third-order valence-corrected chi connectivity index (χ3v) is 3.55. The highest BCUT2D eigenvalue weighted by Gasteiger charge is 2.12. The van der Waals surface area contributed by atoms with Crippen LogP contribution < -0.4 is 0 Å². The molecule has 0 aliphatic rings. The molecule has 0 aliphatic carbocycles. The molecule has 20 heavy (non-hydrogen) atoms. The van der Waals surface area contributed by atoms with Gasteiger partial charge in [-0.25, -0.2) is 9.78 Å². The Hall–Kier alpha value is -2.88. The van der Waals surface area contributed by atoms with Gasteiger partial charge in [0.2, 0.25) is 0 Å². The first kappa shape index (κ1) is 11.0. The summed E-state index contributed by atoms with van der Waals surface area (Å²) in [7, 11) is 0. The number of carbonyl (C=O) groups is 1. The molecule has 0 spiro atoms. The second-order valence-corrected chi connectivity index (χ2v) is 4.74. The van der Waals surface area contributed by atoms with Crippen LogP contribution in [0.25, 0.3) is 32.8 Å². The van der Waals surface area contributed by atoms with E-state index in [4.69, 9.17) is 0 Å². The van der Waals surface area contributed by atoms with Crippen LogP contribution in [0, 0.1) is 0 Å². The average Bonchev–Trinajstić information content (AvgIpc) is 2.81. The van der Waals surface area contributed by atoms with Gasteiger partial charge in [0.1, 0.15) is 5.65 Å². The second kappa shape index (κ2) is 3.81. The molecule has 0 unspecified atom stereocenters. The van der Waals surface area contributed by atoms with Gasteiger partial charge in [-0.3, -0.25) is 0 Å². The number of hydrogen-bond donors (Lipinski definition) is 2. The smallest absolute Gasteiger partial charge is 0.337 e. The molecule has 2 heterocycles. The summed E-state index contributed by atoms with van der Waals surface area (Å²) in [5.41, 5.74) is 2.46. The maximum atomic E-state index is 11.3. The van der Waals surface area contributed by atoms with E-state index in [1.54, 1.807) is 12.1 Å². The number of hydrogen-bond acceptors (Lipinski definition) is 2. The molecular formula is C16H10N2O2. The van der Waals surface area contributed by atoms with Gasteiger partial charge in [-0.2, -0.15) is 0 Å². The third-order valence-electron chi connectivity index (χ3n) is 3.55. The van der Waals surface area contributed by atoms with Crippen molar-refractivity contribution < 1.29 is 9.90 Å². The Morgan fingerprint density at radius 2 is 1.90 bits per heavy atom. The Labute approximate surface area is 113 Å². The van der Waals surface area contributed by atoms with Gasteiger partial charge < -0.3 is 10.1 Å². The lowest BCUT2D eigenvalue weighted by atomic mass is 10.1. The maximum absolute atomic E-state index is 11.3. The summed E-state index contributed by atoms with van der Waals surface area (Å²) >= 11 is 0. The zero-order chi connectivity index (χ0) is 13.7. The summed E-state index contributed by atoms with van der Waals surface area (Å²) in [6.45, 7) is 0. The van der Waals surface area contributed by atoms with Crippen molar-refractivity contribution in [1.29, 1.82) is 0 Å². The zero-order valence-corrected chi connectivity index (χ0v) is 10.4. The second-order valence-electron chi connectivity index (χ2n) is 4.74. The fourth-order valence-corrected chi connectivity index (χ4v) is 2.63. The van der Waals surface area contributed by atoms with Crippen molar-refractivity contribution in [3.05, 3.63) is 54.1 Å². The first-order valence-corrected chi connectivity index (χ1v) is 6.27. The number of nitrogens with zero attached hydrogens (tertiary/aromatic N) is 1. The van der Waals surface area contributed by atoms with Crippen molar-refractivity contribution in [1.82, 2.24) is 9.97 Å². The summed E-state index contributed by atoms with van der Waals surface area (Å²) in [5.74, 6) is -0.960. The number of fused-ring (bicyclic) bond motifs is 4. The number of carboxylic acid groups (broad SMARTS) is 1. The van der Waals surface area contributed by atoms with E-state index in [0.29, 0.717) is 11.2 Å². The minimum absolute atomic E-state index is 0.225. The molecule has 0 saturated carbocycles. The Morgan fingerprint density at radius 1 is 1.05 bits per heavy atom. The Kier molecular flexibility index (Phi) is 2.09. The lowest BCUT2D eigenvalue weighted by molar-refractivity contribution is 0.0699. The molecule has 4 nitrogen and oxygen atoms in total. The number of rotatable bonds is 1. The molecule has 4 rings (SSSR count). The van der Waals surface area contributed by atoms with Crippen molar-refractivity contribution in [2.75, 3.05) is 0 Å². The lowest BCUT2D eigenvalue weighted by Gasteiger charge is -2.01. The number of aromatic nitrogens is 2. The van der Waals surface area contributed by atoms with E-state index in [9.17, 15) is 9.90 Å². The Balaban J connectivity index is 2.21. The summed E-state index contributed by atoms with van der Waals surface area (Å²) in [6, 6.07) is 15.1. The topological polar surface area (TPSA) is 66.0 Å². The molecule has 4 aromatic rings. The quantitative estimate of drug-likeness (QED) is 0.551. The number of H-pyrrole nitrogens is 1. The molecule has 0 bridgehead atoms. The van der Waals surface area contributed by atoms with Crippen LogP contribution in [0.2, 0.25) is 0 Å². The van der Waals surface area contributed by atoms with Crippen LogP contribution in [0.1, 0.15) is 10.4 Å². The molecular weight excluding hydrogens is 252 g/mol. The van der Waals surface area contributed by atoms with Crippen LogP contribution in [0.15, 0.2) is 48.5 Å². The predicted octanol–water partition coefficient (Wildman–Crippen LogP) is 3.57.